The molecule has 1 amide bonds. The molecule has 2 aliphatic rings. The monoisotopic (exact) mass is 409 g/mol. The van der Waals surface area contributed by atoms with Crippen LogP contribution in [0.2, 0.25) is 0 Å². The summed E-state index contributed by atoms with van der Waals surface area (Å²) in [5.74, 6) is 0.856. The molecular weight excluding hydrogens is 374 g/mol. The highest BCUT2D eigenvalue weighted by molar-refractivity contribution is 5.78. The molecule has 2 aromatic carbocycles. The van der Waals surface area contributed by atoms with Gasteiger partial charge in [0.25, 0.3) is 5.91 Å². The van der Waals surface area contributed by atoms with Gasteiger partial charge in [0, 0.05) is 25.9 Å². The lowest BCUT2D eigenvalue weighted by Crippen LogP contribution is -3.29. The maximum atomic E-state index is 12.6. The van der Waals surface area contributed by atoms with Gasteiger partial charge in [0.2, 0.25) is 0 Å². The average molecular weight is 410 g/mol. The number of piperidine rings is 1. The Labute approximate surface area is 180 Å². The Morgan fingerprint density at radius 2 is 1.57 bits per heavy atom. The molecule has 0 saturated carbocycles. The van der Waals surface area contributed by atoms with Crippen LogP contribution >= 0.6 is 0 Å². The van der Waals surface area contributed by atoms with Crippen LogP contribution in [0.15, 0.2) is 54.6 Å². The summed E-state index contributed by atoms with van der Waals surface area (Å²) >= 11 is 0. The molecule has 0 bridgehead atoms. The van der Waals surface area contributed by atoms with E-state index in [9.17, 15) is 4.79 Å². The quantitative estimate of drug-likeness (QED) is 0.731. The number of amides is 1. The second-order valence-electron chi connectivity index (χ2n) is 8.60. The van der Waals surface area contributed by atoms with E-state index >= 15 is 0 Å². The van der Waals surface area contributed by atoms with Gasteiger partial charge in [0.05, 0.1) is 12.6 Å². The number of hydrogen-bond acceptors (Lipinski definition) is 2. The van der Waals surface area contributed by atoms with E-state index in [1.807, 2.05) is 47.4 Å². The number of hydrogen-bond donors (Lipinski definition) is 2. The molecule has 0 spiro atoms. The first-order valence-electron chi connectivity index (χ1n) is 11.5. The zero-order valence-electron chi connectivity index (χ0n) is 18.1. The van der Waals surface area contributed by atoms with Crippen molar-refractivity contribution in [2.45, 2.75) is 25.8 Å². The first-order valence-corrected chi connectivity index (χ1v) is 11.5. The largest absolute Gasteiger partial charge is 0.484 e. The van der Waals surface area contributed by atoms with Crippen LogP contribution in [0.1, 0.15) is 19.8 Å². The molecule has 2 fully saturated rings. The molecule has 0 atom stereocenters. The van der Waals surface area contributed by atoms with E-state index in [4.69, 9.17) is 4.74 Å². The van der Waals surface area contributed by atoms with Gasteiger partial charge < -0.3 is 19.4 Å². The van der Waals surface area contributed by atoms with Gasteiger partial charge in [0.1, 0.15) is 31.9 Å². The molecular formula is C25H35N3O2+2. The van der Waals surface area contributed by atoms with Gasteiger partial charge in [-0.05, 0) is 30.2 Å². The van der Waals surface area contributed by atoms with E-state index in [1.54, 1.807) is 9.80 Å². The van der Waals surface area contributed by atoms with Gasteiger partial charge >= 0.3 is 0 Å². The van der Waals surface area contributed by atoms with Crippen molar-refractivity contribution in [1.29, 1.82) is 0 Å². The van der Waals surface area contributed by atoms with Crippen molar-refractivity contribution in [3.63, 3.8) is 0 Å². The number of piperazine rings is 1. The van der Waals surface area contributed by atoms with Gasteiger partial charge in [-0.3, -0.25) is 4.79 Å². The van der Waals surface area contributed by atoms with E-state index in [0.717, 1.165) is 43.3 Å². The van der Waals surface area contributed by atoms with Crippen LogP contribution in [0.25, 0.3) is 11.1 Å². The van der Waals surface area contributed by atoms with Gasteiger partial charge in [-0.25, -0.2) is 0 Å². The minimum Gasteiger partial charge on any atom is -0.484 e. The molecule has 0 unspecified atom stereocenters. The topological polar surface area (TPSA) is 38.4 Å². The van der Waals surface area contributed by atoms with Crippen molar-refractivity contribution < 1.29 is 19.3 Å². The van der Waals surface area contributed by atoms with Crippen LogP contribution in [0.3, 0.4) is 0 Å². The summed E-state index contributed by atoms with van der Waals surface area (Å²) in [5, 5.41) is 0. The summed E-state index contributed by atoms with van der Waals surface area (Å²) in [6.07, 6.45) is 2.24. The maximum absolute atomic E-state index is 12.6. The molecule has 160 valence electrons. The highest BCUT2D eigenvalue weighted by atomic mass is 16.5. The van der Waals surface area contributed by atoms with Gasteiger partial charge in [-0.15, -0.1) is 0 Å². The third-order valence-corrected chi connectivity index (χ3v) is 6.85. The standard InChI is InChI=1S/C25H33N3O2/c1-2-26-16-18-27(19-17-26)23-12-14-28(15-13-23)25(29)20-30-24-10-8-22(9-11-24)21-6-4-3-5-7-21/h3-11,23H,2,12-20H2,1H3/p+2. The van der Waals surface area contributed by atoms with E-state index in [1.165, 1.54) is 38.3 Å². The predicted molar refractivity (Wildman–Crippen MR) is 119 cm³/mol. The Kier molecular flexibility index (Phi) is 7.03. The first kappa shape index (κ1) is 20.9. The summed E-state index contributed by atoms with van der Waals surface area (Å²) < 4.78 is 5.78. The lowest BCUT2D eigenvalue weighted by Gasteiger charge is -2.38. The summed E-state index contributed by atoms with van der Waals surface area (Å²) in [5.41, 5.74) is 2.34. The average Bonchev–Trinajstić information content (AvgIpc) is 2.83. The third-order valence-electron chi connectivity index (χ3n) is 6.85. The number of ether oxygens (including phenoxy) is 1. The molecule has 30 heavy (non-hydrogen) atoms. The number of likely N-dealkylation sites (tertiary alicyclic amines) is 1. The van der Waals surface area contributed by atoms with Crippen molar-refractivity contribution in [3.8, 4) is 16.9 Å². The number of benzene rings is 2. The number of likely N-dealkylation sites (N-methyl/N-ethyl adjacent to an activating group) is 1. The smallest absolute Gasteiger partial charge is 0.260 e. The van der Waals surface area contributed by atoms with Crippen LogP contribution in [0.4, 0.5) is 0 Å². The highest BCUT2D eigenvalue weighted by Gasteiger charge is 2.32. The minimum atomic E-state index is 0.107. The lowest BCUT2D eigenvalue weighted by atomic mass is 10.0. The van der Waals surface area contributed by atoms with Crippen LogP contribution in [-0.4, -0.2) is 69.3 Å². The van der Waals surface area contributed by atoms with Crippen LogP contribution in [-0.2, 0) is 4.79 Å². The fraction of sp³-hybridized carbons (Fsp3) is 0.480. The molecule has 2 aliphatic heterocycles. The molecule has 2 heterocycles. The highest BCUT2D eigenvalue weighted by Crippen LogP contribution is 2.22. The number of carbonyl (C=O) groups excluding carboxylic acids is 1. The van der Waals surface area contributed by atoms with Crippen LogP contribution < -0.4 is 14.5 Å². The molecule has 2 N–H and O–H groups in total. The van der Waals surface area contributed by atoms with Gasteiger partial charge in [-0.1, -0.05) is 42.5 Å². The lowest BCUT2D eigenvalue weighted by molar-refractivity contribution is -1.02. The molecule has 2 saturated heterocycles. The SMILES string of the molecule is CC[NH+]1CC[NH+](C2CCN(C(=O)COc3ccc(-c4ccccc4)cc3)CC2)CC1. The normalized spacial score (nSPS) is 22.6. The summed E-state index contributed by atoms with van der Waals surface area (Å²) in [6.45, 7) is 10.5. The molecule has 0 radical (unpaired) electrons. The van der Waals surface area contributed by atoms with Gasteiger partial charge in [0.15, 0.2) is 6.61 Å². The number of nitrogens with one attached hydrogen (secondary N) is 2. The van der Waals surface area contributed by atoms with E-state index in [-0.39, 0.29) is 12.5 Å². The second-order valence-corrected chi connectivity index (χ2v) is 8.60. The summed E-state index contributed by atoms with van der Waals surface area (Å²) in [4.78, 5) is 18.1. The Balaban J connectivity index is 1.21. The van der Waals surface area contributed by atoms with Crippen LogP contribution in [0, 0.1) is 0 Å². The summed E-state index contributed by atoms with van der Waals surface area (Å²) in [7, 11) is 0. The van der Waals surface area contributed by atoms with Crippen molar-refractivity contribution >= 4 is 5.91 Å². The summed E-state index contributed by atoms with van der Waals surface area (Å²) in [6, 6.07) is 19.0. The Hall–Kier alpha value is -2.37. The van der Waals surface area contributed by atoms with E-state index in [0.29, 0.717) is 0 Å². The Bertz CT molecular complexity index is 793. The Morgan fingerprint density at radius 3 is 2.20 bits per heavy atom. The second kappa shape index (κ2) is 10.1. The van der Waals surface area contributed by atoms with Crippen molar-refractivity contribution in [2.75, 3.05) is 52.4 Å². The predicted octanol–water partition coefficient (Wildman–Crippen LogP) is 0.527. The zero-order chi connectivity index (χ0) is 20.8. The fourth-order valence-electron chi connectivity index (χ4n) is 4.83. The van der Waals surface area contributed by atoms with E-state index < -0.39 is 0 Å². The molecule has 0 aromatic heterocycles. The van der Waals surface area contributed by atoms with Crippen molar-refractivity contribution in [1.82, 2.24) is 4.90 Å². The molecule has 2 aromatic rings. The first-order chi connectivity index (χ1) is 14.7. The number of rotatable bonds is 6. The Morgan fingerprint density at radius 1 is 0.933 bits per heavy atom. The molecule has 5 nitrogen and oxygen atoms in total. The number of carbonyl (C=O) groups is 1. The number of quaternary nitrogens is 2. The molecule has 4 rings (SSSR count). The minimum absolute atomic E-state index is 0.107. The zero-order valence-corrected chi connectivity index (χ0v) is 18.1. The molecule has 0 aliphatic carbocycles. The molecule has 5 heteroatoms. The van der Waals surface area contributed by atoms with Crippen molar-refractivity contribution in [2.24, 2.45) is 0 Å². The number of nitrogens with zero attached hydrogens (tertiary/aromatic N) is 1. The van der Waals surface area contributed by atoms with Crippen LogP contribution in [0.5, 0.6) is 5.75 Å². The van der Waals surface area contributed by atoms with Gasteiger partial charge in [-0.2, -0.15) is 0 Å². The third kappa shape index (κ3) is 5.21. The van der Waals surface area contributed by atoms with E-state index in [2.05, 4.69) is 19.1 Å². The fourth-order valence-corrected chi connectivity index (χ4v) is 4.83. The van der Waals surface area contributed by atoms with Crippen molar-refractivity contribution in [3.05, 3.63) is 54.6 Å². The maximum Gasteiger partial charge on any atom is 0.260 e.